The van der Waals surface area contributed by atoms with Gasteiger partial charge in [-0.15, -0.1) is 0 Å². The van der Waals surface area contributed by atoms with Crippen LogP contribution in [-0.2, 0) is 6.54 Å². The first kappa shape index (κ1) is 14.1. The van der Waals surface area contributed by atoms with Gasteiger partial charge in [0, 0.05) is 11.1 Å². The maximum absolute atomic E-state index is 2.50. The molecule has 1 saturated heterocycles. The Labute approximate surface area is 123 Å². The van der Waals surface area contributed by atoms with Gasteiger partial charge in [0.1, 0.15) is 39.3 Å². The van der Waals surface area contributed by atoms with E-state index in [-0.39, 0.29) is 0 Å². The third-order valence-corrected chi connectivity index (χ3v) is 5.14. The van der Waals surface area contributed by atoms with Gasteiger partial charge in [0.05, 0.1) is 6.54 Å². The lowest BCUT2D eigenvalue weighted by atomic mass is 9.93. The highest BCUT2D eigenvalue weighted by molar-refractivity contribution is 5.33. The van der Waals surface area contributed by atoms with E-state index < -0.39 is 0 Å². The predicted molar refractivity (Wildman–Crippen MR) is 81.0 cm³/mol. The van der Waals surface area contributed by atoms with Crippen molar-refractivity contribution >= 4 is 0 Å². The molecule has 110 valence electrons. The Hall–Kier alpha value is -0.900. The van der Waals surface area contributed by atoms with Crippen molar-refractivity contribution in [2.75, 3.05) is 39.3 Å². The summed E-state index contributed by atoms with van der Waals surface area (Å²) in [6, 6.07) is 7.80. The third-order valence-electron chi connectivity index (χ3n) is 5.14. The summed E-state index contributed by atoms with van der Waals surface area (Å²) in [6.45, 7) is 13.8. The zero-order valence-electron chi connectivity index (χ0n) is 13.0. The van der Waals surface area contributed by atoms with E-state index in [0.29, 0.717) is 0 Å². The molecule has 0 radical (unpaired) electrons. The first-order valence-electron chi connectivity index (χ1n) is 8.37. The van der Waals surface area contributed by atoms with Crippen molar-refractivity contribution in [3.8, 4) is 0 Å². The topological polar surface area (TPSA) is 25.5 Å². The summed E-state index contributed by atoms with van der Waals surface area (Å²) >= 11 is 0. The molecule has 2 aliphatic rings. The molecule has 0 spiro atoms. The number of hydrogen-bond donors (Lipinski definition) is 3. The molecule has 0 amide bonds. The van der Waals surface area contributed by atoms with Gasteiger partial charge in [-0.05, 0) is 19.4 Å². The lowest BCUT2D eigenvalue weighted by Gasteiger charge is -2.36. The molecule has 2 heterocycles. The zero-order valence-corrected chi connectivity index (χ0v) is 13.0. The minimum atomic E-state index is 0.724. The molecule has 3 heteroatoms. The standard InChI is InChI=1S/C17H27N3/c1-3-6-19-7-9-20(10-8-19)17-13-18-12-15-5-4-14(2)11-16(15)17/h4-5,11,17-18H,3,6-10,12-13H2,1-2H3/p+3/t17-/m1/s1. The molecule has 0 unspecified atom stereocenters. The van der Waals surface area contributed by atoms with E-state index in [1.165, 1.54) is 57.8 Å². The molecule has 3 rings (SSSR count). The summed E-state index contributed by atoms with van der Waals surface area (Å²) in [5.74, 6) is 0. The second-order valence-corrected chi connectivity index (χ2v) is 6.64. The molecule has 3 nitrogen and oxygen atoms in total. The molecule has 1 aromatic rings. The summed E-state index contributed by atoms with van der Waals surface area (Å²) in [4.78, 5) is 3.65. The summed E-state index contributed by atoms with van der Waals surface area (Å²) in [6.07, 6.45) is 1.32. The monoisotopic (exact) mass is 276 g/mol. The molecule has 1 fully saturated rings. The van der Waals surface area contributed by atoms with Gasteiger partial charge in [-0.2, -0.15) is 0 Å². The van der Waals surface area contributed by atoms with E-state index in [9.17, 15) is 0 Å². The molecule has 0 saturated carbocycles. The van der Waals surface area contributed by atoms with Gasteiger partial charge in [0.2, 0.25) is 0 Å². The minimum Gasteiger partial charge on any atom is -0.337 e. The van der Waals surface area contributed by atoms with E-state index >= 15 is 0 Å². The Kier molecular flexibility index (Phi) is 4.39. The number of nitrogens with two attached hydrogens (primary N) is 1. The van der Waals surface area contributed by atoms with Crippen LogP contribution in [0.2, 0.25) is 0 Å². The van der Waals surface area contributed by atoms with Gasteiger partial charge >= 0.3 is 0 Å². The number of nitrogens with one attached hydrogen (secondary N) is 2. The van der Waals surface area contributed by atoms with E-state index in [4.69, 9.17) is 0 Å². The van der Waals surface area contributed by atoms with Crippen LogP contribution in [0.25, 0.3) is 0 Å². The van der Waals surface area contributed by atoms with Gasteiger partial charge in [-0.3, -0.25) is 0 Å². The van der Waals surface area contributed by atoms with Crippen LogP contribution in [0.4, 0.5) is 0 Å². The van der Waals surface area contributed by atoms with Crippen LogP contribution in [-0.4, -0.2) is 39.3 Å². The second-order valence-electron chi connectivity index (χ2n) is 6.64. The van der Waals surface area contributed by atoms with Crippen molar-refractivity contribution in [2.24, 2.45) is 0 Å². The number of benzene rings is 1. The summed E-state index contributed by atoms with van der Waals surface area (Å²) in [5.41, 5.74) is 4.63. The van der Waals surface area contributed by atoms with Crippen molar-refractivity contribution in [3.63, 3.8) is 0 Å². The Morgan fingerprint density at radius 1 is 1.20 bits per heavy atom. The average Bonchev–Trinajstić information content (AvgIpc) is 2.48. The Balaban J connectivity index is 1.72. The van der Waals surface area contributed by atoms with Gasteiger partial charge in [0.15, 0.2) is 6.04 Å². The first-order chi connectivity index (χ1) is 9.78. The van der Waals surface area contributed by atoms with Crippen molar-refractivity contribution in [2.45, 2.75) is 32.9 Å². The highest BCUT2D eigenvalue weighted by Crippen LogP contribution is 2.18. The fourth-order valence-corrected chi connectivity index (χ4v) is 4.02. The van der Waals surface area contributed by atoms with Crippen LogP contribution in [0.3, 0.4) is 0 Å². The van der Waals surface area contributed by atoms with Crippen LogP contribution in [0.15, 0.2) is 18.2 Å². The van der Waals surface area contributed by atoms with Crippen molar-refractivity contribution in [1.29, 1.82) is 0 Å². The SMILES string of the molecule is CCC[NH+]1CC[NH+]([C@@H]2C[NH2+]Cc3ccc(C)cc32)CC1. The molecule has 0 bridgehead atoms. The lowest BCUT2D eigenvalue weighted by Crippen LogP contribution is -3.29. The highest BCUT2D eigenvalue weighted by Gasteiger charge is 2.34. The third kappa shape index (κ3) is 2.90. The van der Waals surface area contributed by atoms with Crippen molar-refractivity contribution < 1.29 is 15.1 Å². The van der Waals surface area contributed by atoms with Crippen molar-refractivity contribution in [1.82, 2.24) is 0 Å². The fourth-order valence-electron chi connectivity index (χ4n) is 4.02. The van der Waals surface area contributed by atoms with Gasteiger partial charge < -0.3 is 15.1 Å². The molecule has 2 aliphatic heterocycles. The van der Waals surface area contributed by atoms with Crippen LogP contribution in [0.5, 0.6) is 0 Å². The molecule has 0 aromatic heterocycles. The Bertz CT molecular complexity index is 450. The van der Waals surface area contributed by atoms with E-state index in [2.05, 4.69) is 37.4 Å². The van der Waals surface area contributed by atoms with Gasteiger partial charge in [0.25, 0.3) is 0 Å². The molecule has 0 aliphatic carbocycles. The summed E-state index contributed by atoms with van der Waals surface area (Å²) in [7, 11) is 0. The maximum atomic E-state index is 2.50. The number of fused-ring (bicyclic) bond motifs is 1. The van der Waals surface area contributed by atoms with E-state index in [1.807, 2.05) is 9.80 Å². The smallest absolute Gasteiger partial charge is 0.163 e. The largest absolute Gasteiger partial charge is 0.337 e. The number of aryl methyl sites for hydroxylation is 1. The van der Waals surface area contributed by atoms with Crippen LogP contribution < -0.4 is 15.1 Å². The lowest BCUT2D eigenvalue weighted by molar-refractivity contribution is -1.03. The first-order valence-corrected chi connectivity index (χ1v) is 8.37. The van der Waals surface area contributed by atoms with Crippen LogP contribution >= 0.6 is 0 Å². The highest BCUT2D eigenvalue weighted by atomic mass is 15.3. The summed E-state index contributed by atoms with van der Waals surface area (Å²) < 4.78 is 0. The van der Waals surface area contributed by atoms with Crippen LogP contribution in [0, 0.1) is 6.92 Å². The van der Waals surface area contributed by atoms with Crippen molar-refractivity contribution in [3.05, 3.63) is 34.9 Å². The molecule has 1 atom stereocenters. The number of piperazine rings is 1. The van der Waals surface area contributed by atoms with E-state index in [1.54, 1.807) is 11.1 Å². The van der Waals surface area contributed by atoms with Gasteiger partial charge in [-0.25, -0.2) is 0 Å². The number of rotatable bonds is 3. The Morgan fingerprint density at radius 2 is 2.00 bits per heavy atom. The van der Waals surface area contributed by atoms with Gasteiger partial charge in [-0.1, -0.05) is 24.6 Å². The predicted octanol–water partition coefficient (Wildman–Crippen LogP) is -1.69. The van der Waals surface area contributed by atoms with Crippen LogP contribution in [0.1, 0.15) is 36.1 Å². The molecule has 1 aromatic carbocycles. The molecule has 20 heavy (non-hydrogen) atoms. The number of quaternary nitrogens is 3. The second kappa shape index (κ2) is 6.25. The molecular formula is C17H30N3+3. The molecule has 4 N–H and O–H groups in total. The van der Waals surface area contributed by atoms with E-state index in [0.717, 1.165) is 6.04 Å². The fraction of sp³-hybridized carbons (Fsp3) is 0.647. The quantitative estimate of drug-likeness (QED) is 0.587. The normalized spacial score (nSPS) is 30.0. The zero-order chi connectivity index (χ0) is 13.9. The Morgan fingerprint density at radius 3 is 2.75 bits per heavy atom. The average molecular weight is 276 g/mol. The number of hydrogen-bond acceptors (Lipinski definition) is 0. The maximum Gasteiger partial charge on any atom is 0.163 e. The minimum absolute atomic E-state index is 0.724. The molecular weight excluding hydrogens is 246 g/mol. The summed E-state index contributed by atoms with van der Waals surface area (Å²) in [5, 5.41) is 2.50.